The molecular weight excluding hydrogens is 425 g/mol. The quantitative estimate of drug-likeness (QED) is 0.360. The maximum atomic E-state index is 14.7. The van der Waals surface area contributed by atoms with E-state index in [0.29, 0.717) is 29.4 Å². The molecule has 0 aromatic heterocycles. The molecular formula is C28H29F3O2. The molecule has 3 aromatic carbocycles. The third-order valence-electron chi connectivity index (χ3n) is 6.46. The Kier molecular flexibility index (Phi) is 7.26. The van der Waals surface area contributed by atoms with Gasteiger partial charge in [0, 0.05) is 5.56 Å². The fraction of sp³-hybridized carbons (Fsp3) is 0.357. The zero-order valence-corrected chi connectivity index (χ0v) is 19.0. The summed E-state index contributed by atoms with van der Waals surface area (Å²) in [6.45, 7) is 4.34. The predicted molar refractivity (Wildman–Crippen MR) is 124 cm³/mol. The Hall–Kier alpha value is -2.95. The number of ether oxygens (including phenoxy) is 2. The monoisotopic (exact) mass is 454 g/mol. The van der Waals surface area contributed by atoms with E-state index in [2.05, 4.69) is 6.92 Å². The molecule has 0 aliphatic heterocycles. The van der Waals surface area contributed by atoms with Crippen LogP contribution in [0.3, 0.4) is 0 Å². The third-order valence-corrected chi connectivity index (χ3v) is 6.46. The summed E-state index contributed by atoms with van der Waals surface area (Å²) in [5.41, 5.74) is 2.20. The molecule has 5 heteroatoms. The highest BCUT2D eigenvalue weighted by atomic mass is 19.2. The Morgan fingerprint density at radius 1 is 0.788 bits per heavy atom. The van der Waals surface area contributed by atoms with Gasteiger partial charge in [0.1, 0.15) is 12.4 Å². The fourth-order valence-electron chi connectivity index (χ4n) is 4.46. The SMILES string of the molecule is CCOc1ccc(-c2ccc(OCc3ccc(C4CCC(C)CC4)c(F)c3F)cc2)cc1F. The summed E-state index contributed by atoms with van der Waals surface area (Å²) in [5, 5.41) is 0. The van der Waals surface area contributed by atoms with Crippen LogP contribution in [0, 0.1) is 23.4 Å². The molecule has 1 aliphatic carbocycles. The molecule has 1 aliphatic rings. The summed E-state index contributed by atoms with van der Waals surface area (Å²) in [6, 6.07) is 15.2. The molecule has 3 aromatic rings. The van der Waals surface area contributed by atoms with E-state index in [1.165, 1.54) is 6.07 Å². The highest BCUT2D eigenvalue weighted by Gasteiger charge is 2.24. The van der Waals surface area contributed by atoms with Crippen LogP contribution in [0.25, 0.3) is 11.1 Å². The largest absolute Gasteiger partial charge is 0.491 e. The van der Waals surface area contributed by atoms with E-state index in [-0.39, 0.29) is 23.8 Å². The normalized spacial score (nSPS) is 18.2. The molecule has 0 saturated heterocycles. The lowest BCUT2D eigenvalue weighted by molar-refractivity contribution is 0.295. The van der Waals surface area contributed by atoms with E-state index in [1.54, 1.807) is 55.5 Å². The maximum Gasteiger partial charge on any atom is 0.165 e. The van der Waals surface area contributed by atoms with Gasteiger partial charge in [-0.25, -0.2) is 13.2 Å². The van der Waals surface area contributed by atoms with Crippen molar-refractivity contribution in [3.05, 3.63) is 83.2 Å². The number of benzene rings is 3. The second-order valence-corrected chi connectivity index (χ2v) is 8.79. The Morgan fingerprint density at radius 2 is 1.48 bits per heavy atom. The molecule has 4 rings (SSSR count). The number of halogens is 3. The van der Waals surface area contributed by atoms with Gasteiger partial charge in [0.25, 0.3) is 0 Å². The smallest absolute Gasteiger partial charge is 0.165 e. The molecule has 0 heterocycles. The van der Waals surface area contributed by atoms with Crippen LogP contribution in [0.2, 0.25) is 0 Å². The molecule has 0 atom stereocenters. The summed E-state index contributed by atoms with van der Waals surface area (Å²) in [4.78, 5) is 0. The highest BCUT2D eigenvalue weighted by Crippen LogP contribution is 2.37. The van der Waals surface area contributed by atoms with E-state index in [1.807, 2.05) is 0 Å². The minimum atomic E-state index is -0.826. The Labute approximate surface area is 193 Å². The first-order valence-corrected chi connectivity index (χ1v) is 11.6. The highest BCUT2D eigenvalue weighted by molar-refractivity contribution is 5.65. The van der Waals surface area contributed by atoms with Crippen molar-refractivity contribution in [2.75, 3.05) is 6.61 Å². The Balaban J connectivity index is 1.41. The van der Waals surface area contributed by atoms with Gasteiger partial charge in [0.15, 0.2) is 23.2 Å². The van der Waals surface area contributed by atoms with Gasteiger partial charge in [-0.15, -0.1) is 0 Å². The van der Waals surface area contributed by atoms with Crippen molar-refractivity contribution < 1.29 is 22.6 Å². The lowest BCUT2D eigenvalue weighted by Gasteiger charge is -2.27. The van der Waals surface area contributed by atoms with Crippen LogP contribution in [-0.2, 0) is 6.61 Å². The molecule has 1 saturated carbocycles. The van der Waals surface area contributed by atoms with Crippen molar-refractivity contribution in [3.8, 4) is 22.6 Å². The van der Waals surface area contributed by atoms with E-state index < -0.39 is 17.5 Å². The van der Waals surface area contributed by atoms with Crippen LogP contribution in [0.5, 0.6) is 11.5 Å². The topological polar surface area (TPSA) is 18.5 Å². The minimum Gasteiger partial charge on any atom is -0.491 e. The van der Waals surface area contributed by atoms with Crippen LogP contribution in [0.4, 0.5) is 13.2 Å². The van der Waals surface area contributed by atoms with Crippen LogP contribution in [0.1, 0.15) is 56.6 Å². The molecule has 0 N–H and O–H groups in total. The minimum absolute atomic E-state index is 0.0677. The van der Waals surface area contributed by atoms with Gasteiger partial charge < -0.3 is 9.47 Å². The molecule has 1 fully saturated rings. The van der Waals surface area contributed by atoms with Crippen LogP contribution < -0.4 is 9.47 Å². The van der Waals surface area contributed by atoms with Crippen LogP contribution >= 0.6 is 0 Å². The summed E-state index contributed by atoms with van der Waals surface area (Å²) in [5.74, 6) is -0.503. The van der Waals surface area contributed by atoms with Gasteiger partial charge in [-0.1, -0.05) is 50.1 Å². The molecule has 0 bridgehead atoms. The third kappa shape index (κ3) is 5.35. The molecule has 0 spiro atoms. The van der Waals surface area contributed by atoms with Crippen molar-refractivity contribution in [2.24, 2.45) is 5.92 Å². The van der Waals surface area contributed by atoms with Crippen LogP contribution in [-0.4, -0.2) is 6.61 Å². The zero-order valence-electron chi connectivity index (χ0n) is 19.0. The van der Waals surface area contributed by atoms with Crippen molar-refractivity contribution in [3.63, 3.8) is 0 Å². The van der Waals surface area contributed by atoms with Crippen molar-refractivity contribution in [1.82, 2.24) is 0 Å². The summed E-state index contributed by atoms with van der Waals surface area (Å²) in [7, 11) is 0. The fourth-order valence-corrected chi connectivity index (χ4v) is 4.46. The first-order valence-electron chi connectivity index (χ1n) is 11.6. The lowest BCUT2D eigenvalue weighted by Crippen LogP contribution is -2.13. The van der Waals surface area contributed by atoms with Gasteiger partial charge in [0.2, 0.25) is 0 Å². The molecule has 2 nitrogen and oxygen atoms in total. The van der Waals surface area contributed by atoms with Gasteiger partial charge in [-0.3, -0.25) is 0 Å². The first kappa shape index (κ1) is 23.2. The second-order valence-electron chi connectivity index (χ2n) is 8.79. The van der Waals surface area contributed by atoms with Crippen molar-refractivity contribution >= 4 is 0 Å². The number of hydrogen-bond donors (Lipinski definition) is 0. The summed E-state index contributed by atoms with van der Waals surface area (Å²) < 4.78 is 54.5. The average Bonchev–Trinajstić information content (AvgIpc) is 2.82. The van der Waals surface area contributed by atoms with E-state index in [4.69, 9.17) is 9.47 Å². The van der Waals surface area contributed by atoms with Crippen molar-refractivity contribution in [2.45, 2.75) is 52.1 Å². The average molecular weight is 455 g/mol. The Bertz CT molecular complexity index is 1090. The standard InChI is InChI=1S/C28H29F3O2/c1-3-32-26-15-11-21(16-25(26)29)19-8-12-23(13-9-19)33-17-22-10-14-24(28(31)27(22)30)20-6-4-18(2)5-7-20/h8-16,18,20H,3-7,17H2,1-2H3. The number of rotatable bonds is 7. The maximum absolute atomic E-state index is 14.7. The van der Waals surface area contributed by atoms with Crippen LogP contribution in [0.15, 0.2) is 54.6 Å². The summed E-state index contributed by atoms with van der Waals surface area (Å²) in [6.07, 6.45) is 3.90. The Morgan fingerprint density at radius 3 is 2.15 bits per heavy atom. The van der Waals surface area contributed by atoms with Gasteiger partial charge in [0.05, 0.1) is 6.61 Å². The molecule has 0 unspecified atom stereocenters. The van der Waals surface area contributed by atoms with Crippen molar-refractivity contribution in [1.29, 1.82) is 0 Å². The lowest BCUT2D eigenvalue weighted by atomic mass is 9.79. The predicted octanol–water partition coefficient (Wildman–Crippen LogP) is 8.04. The zero-order chi connectivity index (χ0) is 23.4. The van der Waals surface area contributed by atoms with E-state index in [0.717, 1.165) is 31.2 Å². The molecule has 0 amide bonds. The van der Waals surface area contributed by atoms with Gasteiger partial charge in [-0.05, 0) is 72.6 Å². The number of hydrogen-bond acceptors (Lipinski definition) is 2. The molecule has 33 heavy (non-hydrogen) atoms. The van der Waals surface area contributed by atoms with Gasteiger partial charge in [-0.2, -0.15) is 0 Å². The first-order chi connectivity index (χ1) is 16.0. The molecule has 174 valence electrons. The molecule has 0 radical (unpaired) electrons. The van der Waals surface area contributed by atoms with E-state index >= 15 is 0 Å². The van der Waals surface area contributed by atoms with Gasteiger partial charge >= 0.3 is 0 Å². The van der Waals surface area contributed by atoms with E-state index in [9.17, 15) is 13.2 Å². The second kappa shape index (κ2) is 10.3. The summed E-state index contributed by atoms with van der Waals surface area (Å²) >= 11 is 0.